The number of allylic oxidation sites excluding steroid dienone is 6. The van der Waals surface area contributed by atoms with E-state index in [1.165, 1.54) is 12.1 Å². The summed E-state index contributed by atoms with van der Waals surface area (Å²) in [7, 11) is 0. The minimum Gasteiger partial charge on any atom is -0.361 e. The van der Waals surface area contributed by atoms with Gasteiger partial charge in [0, 0.05) is 0 Å². The van der Waals surface area contributed by atoms with Gasteiger partial charge in [-0.1, -0.05) is 58.4 Å². The van der Waals surface area contributed by atoms with Crippen molar-refractivity contribution in [2.45, 2.75) is 73.1 Å². The molecule has 2 nitrogen and oxygen atoms in total. The zero-order valence-electron chi connectivity index (χ0n) is 20.1. The van der Waals surface area contributed by atoms with Crippen LogP contribution in [0.15, 0.2) is 53.8 Å². The summed E-state index contributed by atoms with van der Waals surface area (Å²) in [6.07, 6.45) is 12.8. The molecule has 31 heavy (non-hydrogen) atoms. The minimum absolute atomic E-state index is 0.0173. The maximum Gasteiger partial charge on any atom is 0.135 e. The molecule has 0 fully saturated rings. The molecule has 1 aromatic rings. The van der Waals surface area contributed by atoms with Crippen molar-refractivity contribution in [3.63, 3.8) is 0 Å². The Balaban J connectivity index is 3.84. The number of nitrogens with two attached hydrogens (primary N) is 1. The van der Waals surface area contributed by atoms with Crippen molar-refractivity contribution >= 4 is 5.70 Å². The van der Waals surface area contributed by atoms with Gasteiger partial charge in [0.1, 0.15) is 11.6 Å². The largest absolute Gasteiger partial charge is 0.361 e. The zero-order chi connectivity index (χ0) is 23.4. The lowest BCUT2D eigenvalue weighted by atomic mass is 9.88. The predicted octanol–water partition coefficient (Wildman–Crippen LogP) is 7.60. The molecule has 0 heterocycles. The molecule has 0 aliphatic heterocycles. The van der Waals surface area contributed by atoms with Gasteiger partial charge in [0.15, 0.2) is 0 Å². The van der Waals surface area contributed by atoms with E-state index >= 15 is 8.78 Å². The first-order valence-electron chi connectivity index (χ1n) is 11.5. The molecule has 1 rings (SSSR count). The summed E-state index contributed by atoms with van der Waals surface area (Å²) in [5, 5.41) is 3.17. The van der Waals surface area contributed by atoms with Crippen molar-refractivity contribution in [1.82, 2.24) is 5.32 Å². The fraction of sp³-hybridized carbons (Fsp3) is 0.481. The van der Waals surface area contributed by atoms with Crippen LogP contribution < -0.4 is 11.1 Å². The fourth-order valence-electron chi connectivity index (χ4n) is 3.68. The van der Waals surface area contributed by atoms with E-state index in [1.807, 2.05) is 39.0 Å². The Bertz CT molecular complexity index is 796. The van der Waals surface area contributed by atoms with Crippen LogP contribution in [0.25, 0.3) is 5.70 Å². The summed E-state index contributed by atoms with van der Waals surface area (Å²) in [5.41, 5.74) is 8.86. The van der Waals surface area contributed by atoms with Gasteiger partial charge in [0.2, 0.25) is 0 Å². The molecule has 3 N–H and O–H groups in total. The van der Waals surface area contributed by atoms with Crippen molar-refractivity contribution in [3.05, 3.63) is 76.5 Å². The van der Waals surface area contributed by atoms with Crippen LogP contribution in [-0.2, 0) is 0 Å². The SMILES string of the molecule is C\C=C/C(=C\CC)C(/CC(C)CN)=C(/N/C=C/C)c1c(F)cc(C(C)CCC)cc1F. The van der Waals surface area contributed by atoms with Gasteiger partial charge >= 0.3 is 0 Å². The summed E-state index contributed by atoms with van der Waals surface area (Å²) < 4.78 is 30.8. The quantitative estimate of drug-likeness (QED) is 0.335. The second-order valence-corrected chi connectivity index (χ2v) is 8.16. The van der Waals surface area contributed by atoms with Gasteiger partial charge in [-0.15, -0.1) is 0 Å². The van der Waals surface area contributed by atoms with E-state index in [2.05, 4.69) is 32.2 Å². The highest BCUT2D eigenvalue weighted by Gasteiger charge is 2.22. The van der Waals surface area contributed by atoms with Gasteiger partial charge in [0.05, 0.1) is 11.3 Å². The highest BCUT2D eigenvalue weighted by molar-refractivity contribution is 5.74. The van der Waals surface area contributed by atoms with Crippen LogP contribution in [-0.4, -0.2) is 6.54 Å². The fourth-order valence-corrected chi connectivity index (χ4v) is 3.68. The maximum absolute atomic E-state index is 15.4. The van der Waals surface area contributed by atoms with E-state index in [0.717, 1.165) is 30.4 Å². The molecule has 2 unspecified atom stereocenters. The monoisotopic (exact) mass is 430 g/mol. The Morgan fingerprint density at radius 1 is 1.10 bits per heavy atom. The third-order valence-electron chi connectivity index (χ3n) is 5.37. The summed E-state index contributed by atoms with van der Waals surface area (Å²) in [4.78, 5) is 0. The van der Waals surface area contributed by atoms with Crippen LogP contribution in [0.5, 0.6) is 0 Å². The van der Waals surface area contributed by atoms with E-state index in [4.69, 9.17) is 5.73 Å². The molecule has 0 bridgehead atoms. The normalized spacial score (nSPS) is 15.5. The predicted molar refractivity (Wildman–Crippen MR) is 131 cm³/mol. The molecule has 0 radical (unpaired) electrons. The molecular weight excluding hydrogens is 390 g/mol. The standard InChI is InChI=1S/C27H40F2N2/c1-7-11-20(6)22-16-24(28)26(25(29)17-22)27(31-14-10-4)23(15-19(5)18-30)21(12-8-2)13-9-3/h8,10,12-14,16-17,19-20,31H,7,9,11,15,18,30H2,1-6H3/b12-8-,14-10+,21-13+,27-23+. The lowest BCUT2D eigenvalue weighted by molar-refractivity contribution is 0.560. The molecule has 4 heteroatoms. The van der Waals surface area contributed by atoms with Crippen LogP contribution in [0.2, 0.25) is 0 Å². The molecule has 0 saturated carbocycles. The Kier molecular flexibility index (Phi) is 12.1. The van der Waals surface area contributed by atoms with Crippen molar-refractivity contribution in [2.75, 3.05) is 6.54 Å². The Morgan fingerprint density at radius 3 is 2.23 bits per heavy atom. The number of hydrogen-bond donors (Lipinski definition) is 2. The maximum atomic E-state index is 15.4. The third-order valence-corrected chi connectivity index (χ3v) is 5.37. The summed E-state index contributed by atoms with van der Waals surface area (Å²) in [5.74, 6) is -0.814. The minimum atomic E-state index is -0.542. The van der Waals surface area contributed by atoms with E-state index in [1.54, 1.807) is 6.20 Å². The molecule has 0 aromatic heterocycles. The molecule has 172 valence electrons. The van der Waals surface area contributed by atoms with Gasteiger partial charge in [-0.05, 0) is 86.5 Å². The Morgan fingerprint density at radius 2 is 1.74 bits per heavy atom. The van der Waals surface area contributed by atoms with Crippen molar-refractivity contribution in [2.24, 2.45) is 11.7 Å². The highest BCUT2D eigenvalue weighted by atomic mass is 19.1. The summed E-state index contributed by atoms with van der Waals surface area (Å²) >= 11 is 0. The van der Waals surface area contributed by atoms with Gasteiger partial charge < -0.3 is 11.1 Å². The number of benzene rings is 1. The van der Waals surface area contributed by atoms with E-state index in [9.17, 15) is 0 Å². The first-order valence-corrected chi connectivity index (χ1v) is 11.5. The first kappa shape index (κ1) is 26.8. The molecule has 0 saturated heterocycles. The molecule has 1 aromatic carbocycles. The lowest BCUT2D eigenvalue weighted by Crippen LogP contribution is -2.17. The molecule has 0 aliphatic carbocycles. The van der Waals surface area contributed by atoms with Gasteiger partial charge in [0.25, 0.3) is 0 Å². The highest BCUT2D eigenvalue weighted by Crippen LogP contribution is 2.33. The average molecular weight is 431 g/mol. The van der Waals surface area contributed by atoms with Crippen molar-refractivity contribution in [1.29, 1.82) is 0 Å². The molecule has 0 amide bonds. The van der Waals surface area contributed by atoms with Gasteiger partial charge in [-0.25, -0.2) is 8.78 Å². The van der Waals surface area contributed by atoms with Crippen LogP contribution >= 0.6 is 0 Å². The molecule has 0 aliphatic rings. The van der Waals surface area contributed by atoms with Crippen LogP contribution in [0.3, 0.4) is 0 Å². The first-order chi connectivity index (χ1) is 14.8. The number of rotatable bonds is 12. The Hall–Kier alpha value is -2.20. The molecule has 0 spiro atoms. The second-order valence-electron chi connectivity index (χ2n) is 8.16. The lowest BCUT2D eigenvalue weighted by Gasteiger charge is -2.22. The molecular formula is C27H40F2N2. The van der Waals surface area contributed by atoms with Crippen molar-refractivity contribution < 1.29 is 8.78 Å². The average Bonchev–Trinajstić information content (AvgIpc) is 2.73. The second kappa shape index (κ2) is 14.0. The van der Waals surface area contributed by atoms with E-state index in [-0.39, 0.29) is 17.4 Å². The smallest absolute Gasteiger partial charge is 0.135 e. The molecule has 2 atom stereocenters. The third kappa shape index (κ3) is 7.77. The van der Waals surface area contributed by atoms with Gasteiger partial charge in [-0.3, -0.25) is 0 Å². The summed E-state index contributed by atoms with van der Waals surface area (Å²) in [6, 6.07) is 2.97. The van der Waals surface area contributed by atoms with E-state index in [0.29, 0.717) is 24.2 Å². The van der Waals surface area contributed by atoms with Gasteiger partial charge in [-0.2, -0.15) is 0 Å². The van der Waals surface area contributed by atoms with Crippen LogP contribution in [0, 0.1) is 17.6 Å². The van der Waals surface area contributed by atoms with E-state index < -0.39 is 11.6 Å². The summed E-state index contributed by atoms with van der Waals surface area (Å²) in [6.45, 7) is 12.5. The van der Waals surface area contributed by atoms with Crippen LogP contribution in [0.4, 0.5) is 8.78 Å². The zero-order valence-corrected chi connectivity index (χ0v) is 20.1. The topological polar surface area (TPSA) is 38.0 Å². The number of nitrogens with one attached hydrogen (secondary N) is 1. The van der Waals surface area contributed by atoms with Crippen molar-refractivity contribution in [3.8, 4) is 0 Å². The Labute approximate surface area is 188 Å². The van der Waals surface area contributed by atoms with Crippen LogP contribution in [0.1, 0.15) is 84.3 Å². The number of hydrogen-bond acceptors (Lipinski definition) is 2. The number of halogens is 2.